The van der Waals surface area contributed by atoms with Gasteiger partial charge in [-0.3, -0.25) is 10.1 Å². The van der Waals surface area contributed by atoms with Crippen molar-refractivity contribution in [2.45, 2.75) is 6.92 Å². The average Bonchev–Trinajstić information content (AvgIpc) is 2.98. The molecule has 98 valence electrons. The topological polar surface area (TPSA) is 116 Å². The van der Waals surface area contributed by atoms with Gasteiger partial charge in [0.05, 0.1) is 16.5 Å². The van der Waals surface area contributed by atoms with Crippen molar-refractivity contribution in [2.24, 2.45) is 4.99 Å². The first-order chi connectivity index (χ1) is 9.15. The Morgan fingerprint density at radius 3 is 3.16 bits per heavy atom. The highest BCUT2D eigenvalue weighted by molar-refractivity contribution is 7.87. The zero-order valence-corrected chi connectivity index (χ0v) is 10.6. The summed E-state index contributed by atoms with van der Waals surface area (Å²) in [6, 6.07) is 0. The minimum absolute atomic E-state index is 0.0413. The van der Waals surface area contributed by atoms with Crippen molar-refractivity contribution < 1.29 is 9.00 Å². The van der Waals surface area contributed by atoms with Crippen LogP contribution in [0.2, 0.25) is 0 Å². The van der Waals surface area contributed by atoms with Crippen LogP contribution >= 0.6 is 0 Å². The Morgan fingerprint density at radius 2 is 2.42 bits per heavy atom. The molecule has 0 spiro atoms. The lowest BCUT2D eigenvalue weighted by molar-refractivity contribution is -0.110. The maximum atomic E-state index is 12.2. The number of amides is 1. The summed E-state index contributed by atoms with van der Waals surface area (Å²) < 4.78 is 12.2. The molecule has 2 aliphatic heterocycles. The Hall–Kier alpha value is -2.49. The lowest BCUT2D eigenvalue weighted by Crippen LogP contribution is -2.32. The van der Waals surface area contributed by atoms with Crippen molar-refractivity contribution in [3.8, 4) is 0 Å². The number of fused-ring (bicyclic) bond motifs is 1. The van der Waals surface area contributed by atoms with Crippen molar-refractivity contribution in [3.05, 3.63) is 12.3 Å². The van der Waals surface area contributed by atoms with E-state index in [1.807, 2.05) is 0 Å². The molecule has 1 aromatic rings. The van der Waals surface area contributed by atoms with Crippen LogP contribution < -0.4 is 5.32 Å². The van der Waals surface area contributed by atoms with Gasteiger partial charge in [0.15, 0.2) is 0 Å². The second-order valence-electron chi connectivity index (χ2n) is 3.86. The molecule has 0 unspecified atom stereocenters. The fraction of sp³-hybridized carbons (Fsp3) is 0.222. The number of carbonyl (C=O) groups excluding carboxylic acids is 1. The van der Waals surface area contributed by atoms with Gasteiger partial charge in [-0.25, -0.2) is 9.20 Å². The van der Waals surface area contributed by atoms with E-state index in [2.05, 4.69) is 30.9 Å². The molecule has 0 atom stereocenters. The first-order valence-corrected chi connectivity index (χ1v) is 6.49. The van der Waals surface area contributed by atoms with E-state index in [9.17, 15) is 9.00 Å². The minimum atomic E-state index is -1.57. The molecule has 2 N–H and O–H groups in total. The molecular weight excluding hydrogens is 270 g/mol. The number of hydrogen-bond donors (Lipinski definition) is 2. The molecular formula is C9H9N7O2S. The van der Waals surface area contributed by atoms with Crippen molar-refractivity contribution >= 4 is 37.5 Å². The molecule has 0 aliphatic carbocycles. The number of aromatic amines is 1. The smallest absolute Gasteiger partial charge is 0.270 e. The van der Waals surface area contributed by atoms with Gasteiger partial charge in [0.25, 0.3) is 11.9 Å². The van der Waals surface area contributed by atoms with E-state index in [4.69, 9.17) is 0 Å². The van der Waals surface area contributed by atoms with Crippen molar-refractivity contribution in [3.63, 3.8) is 0 Å². The number of tetrazole rings is 1. The molecule has 1 aromatic heterocycles. The van der Waals surface area contributed by atoms with Crippen molar-refractivity contribution in [1.29, 1.82) is 0 Å². The Balaban J connectivity index is 1.93. The number of nitrogens with zero attached hydrogens (tertiary/aromatic N) is 5. The lowest BCUT2D eigenvalue weighted by Gasteiger charge is -2.16. The maximum absolute atomic E-state index is 12.2. The Bertz CT molecular complexity index is 744. The van der Waals surface area contributed by atoms with Crippen LogP contribution in [0.3, 0.4) is 0 Å². The molecule has 0 saturated carbocycles. The molecule has 0 bridgehead atoms. The highest BCUT2D eigenvalue weighted by Gasteiger charge is 2.26. The number of anilines is 1. The van der Waals surface area contributed by atoms with Crippen LogP contribution in [0, 0.1) is 0 Å². The average molecular weight is 279 g/mol. The number of hydrogen-bond acceptors (Lipinski definition) is 7. The third-order valence-corrected chi connectivity index (χ3v) is 3.96. The van der Waals surface area contributed by atoms with Crippen molar-refractivity contribution in [2.75, 3.05) is 11.9 Å². The summed E-state index contributed by atoms with van der Waals surface area (Å²) in [4.78, 5) is 18.0. The molecule has 3 rings (SSSR count). The number of allylic oxidation sites excluding steroid dienone is 1. The van der Waals surface area contributed by atoms with Crippen molar-refractivity contribution in [1.82, 2.24) is 25.5 Å². The predicted octanol–water partition coefficient (Wildman–Crippen LogP) is -1.55. The van der Waals surface area contributed by atoms with E-state index in [1.165, 1.54) is 0 Å². The van der Waals surface area contributed by atoms with Gasteiger partial charge >= 0.3 is 0 Å². The molecule has 3 heterocycles. The summed E-state index contributed by atoms with van der Waals surface area (Å²) in [7, 11) is -1.57. The minimum Gasteiger partial charge on any atom is -0.317 e. The number of nitrogens with one attached hydrogen (secondary N) is 2. The quantitative estimate of drug-likeness (QED) is 0.633. The number of aliphatic imine (C=N–C) groups is 1. The third kappa shape index (κ3) is 2.01. The van der Waals surface area contributed by atoms with Gasteiger partial charge in [-0.1, -0.05) is 5.10 Å². The summed E-state index contributed by atoms with van der Waals surface area (Å²) >= 11 is 0. The lowest BCUT2D eigenvalue weighted by atomic mass is 10.3. The first kappa shape index (κ1) is 11.6. The normalized spacial score (nSPS) is 17.6. The van der Waals surface area contributed by atoms with E-state index in [0.717, 1.165) is 5.71 Å². The molecule has 10 heteroatoms. The zero-order valence-electron chi connectivity index (χ0n) is 9.82. The Morgan fingerprint density at radius 1 is 1.58 bits per heavy atom. The van der Waals surface area contributed by atoms with Gasteiger partial charge in [-0.2, -0.15) is 5.21 Å². The number of H-pyrrole nitrogens is 1. The number of rotatable bonds is 2. The Labute approximate surface area is 109 Å². The van der Waals surface area contributed by atoms with E-state index in [1.54, 1.807) is 24.1 Å². The molecule has 0 aromatic carbocycles. The van der Waals surface area contributed by atoms with Crippen LogP contribution in [-0.2, 0) is 14.8 Å². The molecule has 1 amide bonds. The van der Waals surface area contributed by atoms with E-state index in [0.29, 0.717) is 5.11 Å². The van der Waals surface area contributed by atoms with E-state index < -0.39 is 15.9 Å². The zero-order chi connectivity index (χ0) is 13.4. The summed E-state index contributed by atoms with van der Waals surface area (Å²) in [5, 5.41) is 15.5. The second kappa shape index (κ2) is 4.31. The van der Waals surface area contributed by atoms with Gasteiger partial charge in [0, 0.05) is 11.9 Å². The summed E-state index contributed by atoms with van der Waals surface area (Å²) in [5.41, 5.74) is 0.749. The summed E-state index contributed by atoms with van der Waals surface area (Å²) in [6.07, 6.45) is 3.55. The summed E-state index contributed by atoms with van der Waals surface area (Å²) in [5.74, 6) is -0.456. The predicted molar refractivity (Wildman–Crippen MR) is 69.9 cm³/mol. The molecule has 0 saturated heterocycles. The monoisotopic (exact) mass is 279 g/mol. The van der Waals surface area contributed by atoms with Crippen LogP contribution in [0.1, 0.15) is 6.92 Å². The highest BCUT2D eigenvalue weighted by atomic mass is 32.1. The van der Waals surface area contributed by atoms with Gasteiger partial charge in [-0.15, -0.1) is 5.10 Å². The molecule has 9 nitrogen and oxygen atoms in total. The molecule has 19 heavy (non-hydrogen) atoms. The SMILES string of the molecule is CC1=NC2=S(=O)=C(C(=O)Nc3nn[nH]n3)CN2C=C1. The second-order valence-corrected chi connectivity index (χ2v) is 5.26. The van der Waals surface area contributed by atoms with Crippen LogP contribution in [0.25, 0.3) is 0 Å². The standard InChI is InChI=1S/C9H9N7O2S/c1-5-2-3-16-4-6(19(18)9(16)10-5)7(17)11-8-12-14-15-13-8/h2-3H,4H2,1H3,(H2,11,12,13,14,15,17). The van der Waals surface area contributed by atoms with Gasteiger partial charge in [0.2, 0.25) is 5.11 Å². The van der Waals surface area contributed by atoms with Gasteiger partial charge in [0.1, 0.15) is 4.86 Å². The van der Waals surface area contributed by atoms with E-state index >= 15 is 0 Å². The largest absolute Gasteiger partial charge is 0.317 e. The van der Waals surface area contributed by atoms with Crippen LogP contribution in [0.4, 0.5) is 5.95 Å². The summed E-state index contributed by atoms with van der Waals surface area (Å²) in [6.45, 7) is 2.04. The number of aromatic nitrogens is 4. The van der Waals surface area contributed by atoms with Crippen LogP contribution in [-0.4, -0.2) is 57.9 Å². The fourth-order valence-corrected chi connectivity index (χ4v) is 2.91. The third-order valence-electron chi connectivity index (χ3n) is 2.54. The van der Waals surface area contributed by atoms with Crippen LogP contribution in [0.15, 0.2) is 17.3 Å². The maximum Gasteiger partial charge on any atom is 0.270 e. The van der Waals surface area contributed by atoms with Gasteiger partial charge in [-0.05, 0) is 18.2 Å². The molecule has 0 radical (unpaired) electrons. The fourth-order valence-electron chi connectivity index (χ4n) is 1.65. The molecule has 2 aliphatic rings. The first-order valence-electron chi connectivity index (χ1n) is 5.34. The van der Waals surface area contributed by atoms with Gasteiger partial charge < -0.3 is 4.90 Å². The highest BCUT2D eigenvalue weighted by Crippen LogP contribution is 2.08. The Kier molecular flexibility index (Phi) is 2.63. The molecule has 0 fully saturated rings. The van der Waals surface area contributed by atoms with Crippen LogP contribution in [0.5, 0.6) is 0 Å². The number of carbonyl (C=O) groups is 1. The van der Waals surface area contributed by atoms with E-state index in [-0.39, 0.29) is 17.4 Å².